The molecule has 2 atom stereocenters. The molecule has 2 nitrogen and oxygen atoms in total. The van der Waals surface area contributed by atoms with Gasteiger partial charge in [0.1, 0.15) is 5.75 Å². The average molecular weight is 330 g/mol. The van der Waals surface area contributed by atoms with Gasteiger partial charge in [-0.1, -0.05) is 22.9 Å². The summed E-state index contributed by atoms with van der Waals surface area (Å²) in [5.74, 6) is 1.03. The molecule has 0 spiro atoms. The van der Waals surface area contributed by atoms with Crippen LogP contribution in [0.2, 0.25) is 0 Å². The van der Waals surface area contributed by atoms with Crippen molar-refractivity contribution in [1.82, 2.24) is 5.32 Å². The maximum atomic E-state index is 5.69. The lowest BCUT2D eigenvalue weighted by molar-refractivity contribution is 0.252. The van der Waals surface area contributed by atoms with Crippen LogP contribution in [0, 0.1) is 0 Å². The molecule has 4 heteroatoms. The highest BCUT2D eigenvalue weighted by molar-refractivity contribution is 9.10. The lowest BCUT2D eigenvalue weighted by Crippen LogP contribution is -2.28. The van der Waals surface area contributed by atoms with Gasteiger partial charge in [-0.25, -0.2) is 0 Å². The molecule has 18 heavy (non-hydrogen) atoms. The van der Waals surface area contributed by atoms with E-state index in [0.717, 1.165) is 35.0 Å². The highest BCUT2D eigenvalue weighted by Crippen LogP contribution is 2.34. The largest absolute Gasteiger partial charge is 0.493 e. The number of benzene rings is 1. The summed E-state index contributed by atoms with van der Waals surface area (Å²) in [7, 11) is 0. The number of thioether (sulfide) groups is 1. The van der Waals surface area contributed by atoms with Crippen molar-refractivity contribution in [2.75, 3.05) is 19.4 Å². The SMILES string of the molecule is CSC(C)CCNC1CCOc2ccc(Br)cc21. The summed E-state index contributed by atoms with van der Waals surface area (Å²) in [4.78, 5) is 0. The van der Waals surface area contributed by atoms with Crippen LogP contribution < -0.4 is 10.1 Å². The first-order valence-electron chi connectivity index (χ1n) is 6.39. The molecule has 1 aliphatic rings. The van der Waals surface area contributed by atoms with E-state index in [2.05, 4.69) is 46.6 Å². The smallest absolute Gasteiger partial charge is 0.124 e. The monoisotopic (exact) mass is 329 g/mol. The normalized spacial score (nSPS) is 20.1. The third-order valence-corrected chi connectivity index (χ3v) is 4.89. The molecular weight excluding hydrogens is 310 g/mol. The van der Waals surface area contributed by atoms with E-state index in [1.165, 1.54) is 12.0 Å². The van der Waals surface area contributed by atoms with Crippen LogP contribution >= 0.6 is 27.7 Å². The second-order valence-electron chi connectivity index (χ2n) is 4.66. The van der Waals surface area contributed by atoms with Crippen LogP contribution in [0.4, 0.5) is 0 Å². The summed E-state index contributed by atoms with van der Waals surface area (Å²) in [6.45, 7) is 4.16. The van der Waals surface area contributed by atoms with E-state index in [1.807, 2.05) is 17.8 Å². The molecule has 2 rings (SSSR count). The average Bonchev–Trinajstić information content (AvgIpc) is 2.39. The maximum Gasteiger partial charge on any atom is 0.124 e. The van der Waals surface area contributed by atoms with E-state index in [9.17, 15) is 0 Å². The summed E-state index contributed by atoms with van der Waals surface area (Å²) in [6, 6.07) is 6.69. The highest BCUT2D eigenvalue weighted by Gasteiger charge is 2.21. The van der Waals surface area contributed by atoms with E-state index in [4.69, 9.17) is 4.74 Å². The Labute approximate surface area is 122 Å². The van der Waals surface area contributed by atoms with Gasteiger partial charge in [-0.15, -0.1) is 0 Å². The first kappa shape index (κ1) is 14.2. The standard InChI is InChI=1S/C14H20BrNOS/c1-10(18-2)5-7-16-13-6-8-17-14-4-3-11(15)9-12(13)14/h3-4,9-10,13,16H,5-8H2,1-2H3. The van der Waals surface area contributed by atoms with Crippen molar-refractivity contribution in [1.29, 1.82) is 0 Å². The Morgan fingerprint density at radius 3 is 3.17 bits per heavy atom. The predicted molar refractivity (Wildman–Crippen MR) is 82.6 cm³/mol. The molecule has 1 aromatic rings. The Morgan fingerprint density at radius 1 is 1.56 bits per heavy atom. The number of hydrogen-bond acceptors (Lipinski definition) is 3. The van der Waals surface area contributed by atoms with Gasteiger partial charge in [-0.3, -0.25) is 0 Å². The van der Waals surface area contributed by atoms with Crippen molar-refractivity contribution < 1.29 is 4.74 Å². The van der Waals surface area contributed by atoms with E-state index in [-0.39, 0.29) is 0 Å². The van der Waals surface area contributed by atoms with Crippen LogP contribution in [0.3, 0.4) is 0 Å². The van der Waals surface area contributed by atoms with Crippen LogP contribution in [0.15, 0.2) is 22.7 Å². The van der Waals surface area contributed by atoms with Crippen molar-refractivity contribution in [3.05, 3.63) is 28.2 Å². The maximum absolute atomic E-state index is 5.69. The Morgan fingerprint density at radius 2 is 2.39 bits per heavy atom. The Kier molecular flexibility index (Phi) is 5.39. The zero-order valence-electron chi connectivity index (χ0n) is 10.9. The molecule has 1 aromatic carbocycles. The minimum absolute atomic E-state index is 0.431. The summed E-state index contributed by atoms with van der Waals surface area (Å²) < 4.78 is 6.81. The molecule has 2 unspecified atom stereocenters. The molecule has 0 aliphatic carbocycles. The number of nitrogens with one attached hydrogen (secondary N) is 1. The van der Waals surface area contributed by atoms with Gasteiger partial charge >= 0.3 is 0 Å². The minimum atomic E-state index is 0.431. The number of fused-ring (bicyclic) bond motifs is 1. The first-order valence-corrected chi connectivity index (χ1v) is 8.47. The van der Waals surface area contributed by atoms with Crippen LogP contribution in [0.1, 0.15) is 31.4 Å². The van der Waals surface area contributed by atoms with E-state index in [1.54, 1.807) is 0 Å². The van der Waals surface area contributed by atoms with Gasteiger partial charge in [-0.05, 0) is 37.4 Å². The van der Waals surface area contributed by atoms with Crippen LogP contribution in [-0.2, 0) is 0 Å². The molecule has 0 saturated heterocycles. The molecule has 100 valence electrons. The number of hydrogen-bond donors (Lipinski definition) is 1. The van der Waals surface area contributed by atoms with Gasteiger partial charge in [0.25, 0.3) is 0 Å². The van der Waals surface area contributed by atoms with E-state index < -0.39 is 0 Å². The fourth-order valence-corrected chi connectivity index (χ4v) is 2.89. The molecule has 1 aliphatic heterocycles. The van der Waals surface area contributed by atoms with Gasteiger partial charge in [0.2, 0.25) is 0 Å². The molecule has 0 saturated carbocycles. The second-order valence-corrected chi connectivity index (χ2v) is 6.85. The quantitative estimate of drug-likeness (QED) is 0.882. The van der Waals surface area contributed by atoms with Gasteiger partial charge in [0.05, 0.1) is 6.61 Å². The Balaban J connectivity index is 1.97. The summed E-state index contributed by atoms with van der Waals surface area (Å²) >= 11 is 5.46. The van der Waals surface area contributed by atoms with Crippen molar-refractivity contribution in [3.63, 3.8) is 0 Å². The molecule has 0 bridgehead atoms. The predicted octanol–water partition coefficient (Wildman–Crippen LogP) is 4.00. The number of halogens is 1. The first-order chi connectivity index (χ1) is 8.70. The van der Waals surface area contributed by atoms with E-state index in [0.29, 0.717) is 6.04 Å². The molecule has 0 aromatic heterocycles. The molecule has 0 radical (unpaired) electrons. The lowest BCUT2D eigenvalue weighted by Gasteiger charge is -2.27. The fourth-order valence-electron chi connectivity index (χ4n) is 2.16. The van der Waals surface area contributed by atoms with E-state index >= 15 is 0 Å². The molecule has 1 heterocycles. The summed E-state index contributed by atoms with van der Waals surface area (Å²) in [6.07, 6.45) is 4.44. The van der Waals surface area contributed by atoms with Crippen molar-refractivity contribution >= 4 is 27.7 Å². The number of rotatable bonds is 5. The van der Waals surface area contributed by atoms with Gasteiger partial charge in [0, 0.05) is 27.7 Å². The molecule has 1 N–H and O–H groups in total. The highest BCUT2D eigenvalue weighted by atomic mass is 79.9. The Bertz CT molecular complexity index is 399. The minimum Gasteiger partial charge on any atom is -0.493 e. The second kappa shape index (κ2) is 6.83. The van der Waals surface area contributed by atoms with Crippen LogP contribution in [0.5, 0.6) is 5.75 Å². The lowest BCUT2D eigenvalue weighted by atomic mass is 10.0. The fraction of sp³-hybridized carbons (Fsp3) is 0.571. The van der Waals surface area contributed by atoms with Crippen LogP contribution in [0.25, 0.3) is 0 Å². The molecule has 0 fully saturated rings. The van der Waals surface area contributed by atoms with Crippen LogP contribution in [-0.4, -0.2) is 24.7 Å². The topological polar surface area (TPSA) is 21.3 Å². The zero-order chi connectivity index (χ0) is 13.0. The van der Waals surface area contributed by atoms with Gasteiger partial charge < -0.3 is 10.1 Å². The third kappa shape index (κ3) is 3.65. The third-order valence-electron chi connectivity index (χ3n) is 3.36. The summed E-state index contributed by atoms with van der Waals surface area (Å²) in [5.41, 5.74) is 1.28. The Hall–Kier alpha value is -0.190. The summed E-state index contributed by atoms with van der Waals surface area (Å²) in [5, 5.41) is 4.38. The zero-order valence-corrected chi connectivity index (χ0v) is 13.3. The van der Waals surface area contributed by atoms with Crippen molar-refractivity contribution in [2.24, 2.45) is 0 Å². The number of ether oxygens (including phenoxy) is 1. The van der Waals surface area contributed by atoms with Crippen molar-refractivity contribution in [3.8, 4) is 5.75 Å². The molecule has 0 amide bonds. The van der Waals surface area contributed by atoms with Gasteiger partial charge in [0.15, 0.2) is 0 Å². The van der Waals surface area contributed by atoms with Crippen molar-refractivity contribution in [2.45, 2.75) is 31.1 Å². The molecular formula is C14H20BrNOS. The van der Waals surface area contributed by atoms with Gasteiger partial charge in [-0.2, -0.15) is 11.8 Å².